The summed E-state index contributed by atoms with van der Waals surface area (Å²) in [5, 5.41) is 13.8. The van der Waals surface area contributed by atoms with Crippen molar-refractivity contribution in [3.8, 4) is 0 Å². The van der Waals surface area contributed by atoms with Crippen LogP contribution in [0.2, 0.25) is 5.02 Å². The van der Waals surface area contributed by atoms with E-state index >= 15 is 0 Å². The molecule has 0 aliphatic heterocycles. The highest BCUT2D eigenvalue weighted by Crippen LogP contribution is 2.27. The maximum Gasteiger partial charge on any atom is 0.330 e. The van der Waals surface area contributed by atoms with Crippen LogP contribution in [0.5, 0.6) is 0 Å². The monoisotopic (exact) mass is 468 g/mol. The lowest BCUT2D eigenvalue weighted by Gasteiger charge is -2.25. The van der Waals surface area contributed by atoms with Gasteiger partial charge in [-0.15, -0.1) is 0 Å². The SMILES string of the molecule is COCCN(C(=O)CNc1ccc(Cl)c([N+](=O)[O-])c1)c1c(N)n(CC(C)C)c(=O)[nH]c1=O. The molecule has 0 saturated heterocycles. The number of carbonyl (C=O) groups is 1. The first-order valence-electron chi connectivity index (χ1n) is 9.66. The van der Waals surface area contributed by atoms with Crippen LogP contribution < -0.4 is 27.2 Å². The first-order valence-corrected chi connectivity index (χ1v) is 10.0. The zero-order chi connectivity index (χ0) is 24.0. The van der Waals surface area contributed by atoms with E-state index in [1.165, 1.54) is 29.9 Å². The lowest BCUT2D eigenvalue weighted by atomic mass is 10.2. The highest BCUT2D eigenvalue weighted by molar-refractivity contribution is 6.32. The molecular weight excluding hydrogens is 444 g/mol. The number of nitrogens with one attached hydrogen (secondary N) is 2. The fourth-order valence-corrected chi connectivity index (χ4v) is 3.15. The number of rotatable bonds is 10. The maximum atomic E-state index is 13.0. The van der Waals surface area contributed by atoms with Crippen LogP contribution in [0.25, 0.3) is 0 Å². The highest BCUT2D eigenvalue weighted by atomic mass is 35.5. The number of nitro benzene ring substituents is 1. The second kappa shape index (κ2) is 10.8. The number of halogens is 1. The van der Waals surface area contributed by atoms with Crippen molar-refractivity contribution < 1.29 is 14.5 Å². The summed E-state index contributed by atoms with van der Waals surface area (Å²) >= 11 is 5.80. The van der Waals surface area contributed by atoms with Gasteiger partial charge in [-0.1, -0.05) is 25.4 Å². The molecule has 13 heteroatoms. The molecule has 0 unspecified atom stereocenters. The van der Waals surface area contributed by atoms with Crippen molar-refractivity contribution in [1.82, 2.24) is 9.55 Å². The molecule has 174 valence electrons. The molecule has 1 amide bonds. The lowest BCUT2D eigenvalue weighted by Crippen LogP contribution is -2.44. The number of aromatic amines is 1. The number of carbonyl (C=O) groups excluding carboxylic acids is 1. The number of methoxy groups -OCH3 is 1. The number of aromatic nitrogens is 2. The predicted molar refractivity (Wildman–Crippen MR) is 121 cm³/mol. The largest absolute Gasteiger partial charge is 0.383 e. The van der Waals surface area contributed by atoms with Crippen molar-refractivity contribution in [3.63, 3.8) is 0 Å². The second-order valence-electron chi connectivity index (χ2n) is 7.31. The standard InChI is InChI=1S/C19H25ClN6O6/c1-11(2)10-25-17(21)16(18(28)23-19(25)29)24(6-7-32-3)15(27)9-22-12-4-5-13(20)14(8-12)26(30)31/h4-5,8,11,22H,6-7,9-10,21H2,1-3H3,(H,23,28,29). The predicted octanol–water partition coefficient (Wildman–Crippen LogP) is 1.43. The number of benzene rings is 1. The van der Waals surface area contributed by atoms with Crippen LogP contribution in [0.4, 0.5) is 22.9 Å². The summed E-state index contributed by atoms with van der Waals surface area (Å²) < 4.78 is 6.23. The number of anilines is 3. The van der Waals surface area contributed by atoms with E-state index in [9.17, 15) is 24.5 Å². The topological polar surface area (TPSA) is 166 Å². The molecule has 0 atom stereocenters. The zero-order valence-electron chi connectivity index (χ0n) is 17.9. The van der Waals surface area contributed by atoms with Crippen LogP contribution in [0.15, 0.2) is 27.8 Å². The van der Waals surface area contributed by atoms with Crippen LogP contribution in [0.1, 0.15) is 13.8 Å². The van der Waals surface area contributed by atoms with Crippen LogP contribution in [0.3, 0.4) is 0 Å². The van der Waals surface area contributed by atoms with Gasteiger partial charge < -0.3 is 20.7 Å². The van der Waals surface area contributed by atoms with E-state index in [-0.39, 0.29) is 60.1 Å². The minimum Gasteiger partial charge on any atom is -0.383 e. The van der Waals surface area contributed by atoms with Crippen LogP contribution in [0, 0.1) is 16.0 Å². The number of nitrogens with two attached hydrogens (primary N) is 1. The van der Waals surface area contributed by atoms with Gasteiger partial charge >= 0.3 is 5.69 Å². The van der Waals surface area contributed by atoms with Crippen LogP contribution >= 0.6 is 11.6 Å². The van der Waals surface area contributed by atoms with Crippen LogP contribution in [-0.4, -0.2) is 47.2 Å². The van der Waals surface area contributed by atoms with Crippen molar-refractivity contribution >= 4 is 40.4 Å². The number of amides is 1. The van der Waals surface area contributed by atoms with Crippen LogP contribution in [-0.2, 0) is 16.1 Å². The second-order valence-corrected chi connectivity index (χ2v) is 7.72. The maximum absolute atomic E-state index is 13.0. The molecule has 0 bridgehead atoms. The van der Waals surface area contributed by atoms with E-state index in [0.717, 1.165) is 4.90 Å². The summed E-state index contributed by atoms with van der Waals surface area (Å²) in [7, 11) is 1.43. The molecule has 12 nitrogen and oxygen atoms in total. The molecule has 2 aromatic rings. The van der Waals surface area contributed by atoms with Crippen molar-refractivity contribution in [2.24, 2.45) is 5.92 Å². The summed E-state index contributed by atoms with van der Waals surface area (Å²) in [4.78, 5) is 51.5. The number of H-pyrrole nitrogens is 1. The van der Waals surface area contributed by atoms with E-state index in [1.54, 1.807) is 0 Å². The summed E-state index contributed by atoms with van der Waals surface area (Å²) in [6.45, 7) is 3.77. The first kappa shape index (κ1) is 24.9. The van der Waals surface area contributed by atoms with E-state index in [2.05, 4.69) is 10.3 Å². The Morgan fingerprint density at radius 2 is 2.09 bits per heavy atom. The Morgan fingerprint density at radius 3 is 2.69 bits per heavy atom. The van der Waals surface area contributed by atoms with Gasteiger partial charge in [0.25, 0.3) is 11.2 Å². The number of hydrogen-bond acceptors (Lipinski definition) is 8. The first-order chi connectivity index (χ1) is 15.1. The van der Waals surface area contributed by atoms with Gasteiger partial charge in [0.05, 0.1) is 18.1 Å². The van der Waals surface area contributed by atoms with Gasteiger partial charge in [0.15, 0.2) is 5.69 Å². The molecule has 1 aromatic heterocycles. The molecule has 1 heterocycles. The summed E-state index contributed by atoms with van der Waals surface area (Å²) in [5.74, 6) is -0.648. The average Bonchev–Trinajstić information content (AvgIpc) is 2.72. The molecule has 0 saturated carbocycles. The third-order valence-corrected chi connectivity index (χ3v) is 4.76. The van der Waals surface area contributed by atoms with Gasteiger partial charge in [0.2, 0.25) is 5.91 Å². The van der Waals surface area contributed by atoms with Crippen molar-refractivity contribution in [2.75, 3.05) is 42.8 Å². The minimum absolute atomic E-state index is 0.00899. The third kappa shape index (κ3) is 5.86. The Morgan fingerprint density at radius 1 is 1.41 bits per heavy atom. The van der Waals surface area contributed by atoms with Gasteiger partial charge in [-0.3, -0.25) is 29.3 Å². The Kier molecular flexibility index (Phi) is 8.38. The molecule has 0 spiro atoms. The lowest BCUT2D eigenvalue weighted by molar-refractivity contribution is -0.384. The van der Waals surface area contributed by atoms with Gasteiger partial charge in [-0.05, 0) is 18.1 Å². The number of nitro groups is 1. The Bertz CT molecular complexity index is 1110. The molecular formula is C19H25ClN6O6. The Balaban J connectivity index is 2.37. The van der Waals surface area contributed by atoms with Crippen molar-refractivity contribution in [2.45, 2.75) is 20.4 Å². The van der Waals surface area contributed by atoms with Gasteiger partial charge in [0.1, 0.15) is 10.8 Å². The molecule has 0 fully saturated rings. The number of hydrogen-bond donors (Lipinski definition) is 3. The van der Waals surface area contributed by atoms with Gasteiger partial charge in [-0.2, -0.15) is 0 Å². The third-order valence-electron chi connectivity index (χ3n) is 4.44. The summed E-state index contributed by atoms with van der Waals surface area (Å²) in [6, 6.07) is 4.00. The minimum atomic E-state index is -0.806. The molecule has 0 aliphatic rings. The molecule has 32 heavy (non-hydrogen) atoms. The Labute approximate surface area is 188 Å². The van der Waals surface area contributed by atoms with Gasteiger partial charge in [0, 0.05) is 32.0 Å². The smallest absolute Gasteiger partial charge is 0.330 e. The van der Waals surface area contributed by atoms with E-state index < -0.39 is 22.1 Å². The number of nitrogen functional groups attached to an aromatic ring is 1. The summed E-state index contributed by atoms with van der Waals surface area (Å²) in [6.07, 6.45) is 0. The summed E-state index contributed by atoms with van der Waals surface area (Å²) in [5.41, 5.74) is 4.44. The van der Waals surface area contributed by atoms with E-state index in [1.807, 2.05) is 13.8 Å². The van der Waals surface area contributed by atoms with Crippen molar-refractivity contribution in [3.05, 3.63) is 54.2 Å². The zero-order valence-corrected chi connectivity index (χ0v) is 18.6. The highest BCUT2D eigenvalue weighted by Gasteiger charge is 2.24. The molecule has 0 radical (unpaired) electrons. The van der Waals surface area contributed by atoms with E-state index in [4.69, 9.17) is 22.1 Å². The number of nitrogens with zero attached hydrogens (tertiary/aromatic N) is 3. The van der Waals surface area contributed by atoms with E-state index in [0.29, 0.717) is 0 Å². The molecule has 0 aliphatic carbocycles. The average molecular weight is 469 g/mol. The fourth-order valence-electron chi connectivity index (χ4n) is 2.96. The quantitative estimate of drug-likeness (QED) is 0.347. The number of ether oxygens (including phenoxy) is 1. The Hall–Kier alpha value is -3.38. The van der Waals surface area contributed by atoms with Crippen molar-refractivity contribution in [1.29, 1.82) is 0 Å². The fraction of sp³-hybridized carbons (Fsp3) is 0.421. The molecule has 2 rings (SSSR count). The normalized spacial score (nSPS) is 10.9. The molecule has 4 N–H and O–H groups in total. The van der Waals surface area contributed by atoms with Gasteiger partial charge in [-0.25, -0.2) is 4.79 Å². The molecule has 1 aromatic carbocycles.